The molecule has 0 bridgehead atoms. The molecule has 1 aromatic carbocycles. The average molecular weight is 440 g/mol. The summed E-state index contributed by atoms with van der Waals surface area (Å²) in [6.07, 6.45) is 1.02. The number of nitro benzene ring substituents is 1. The molecule has 1 amide bonds. The SMILES string of the molecule is COc1ccc(CSCC(=O)NCC(C2CCOC2)N2CCOCC2)cc1[N+](=O)[O-]. The van der Waals surface area contributed by atoms with Gasteiger partial charge in [0.25, 0.3) is 0 Å². The molecule has 2 aliphatic heterocycles. The molecule has 2 atom stereocenters. The molecular weight excluding hydrogens is 410 g/mol. The number of carbonyl (C=O) groups excluding carboxylic acids is 1. The van der Waals surface area contributed by atoms with Gasteiger partial charge in [-0.15, -0.1) is 11.8 Å². The second-order valence-corrected chi connectivity index (χ2v) is 8.39. The average Bonchev–Trinajstić information content (AvgIpc) is 3.29. The van der Waals surface area contributed by atoms with E-state index in [1.807, 2.05) is 0 Å². The van der Waals surface area contributed by atoms with Gasteiger partial charge in [0.15, 0.2) is 5.75 Å². The normalized spacial score (nSPS) is 20.6. The van der Waals surface area contributed by atoms with Crippen LogP contribution in [0.2, 0.25) is 0 Å². The Kier molecular flexibility index (Phi) is 8.74. The van der Waals surface area contributed by atoms with Crippen molar-refractivity contribution >= 4 is 23.4 Å². The molecule has 0 aliphatic carbocycles. The Labute approximate surface area is 180 Å². The van der Waals surface area contributed by atoms with Crippen LogP contribution >= 0.6 is 11.8 Å². The third-order valence-electron chi connectivity index (χ3n) is 5.47. The number of ether oxygens (including phenoxy) is 3. The largest absolute Gasteiger partial charge is 0.490 e. The van der Waals surface area contributed by atoms with Gasteiger partial charge in [-0.05, 0) is 18.1 Å². The van der Waals surface area contributed by atoms with Crippen LogP contribution in [-0.2, 0) is 20.0 Å². The second kappa shape index (κ2) is 11.5. The number of nitrogens with one attached hydrogen (secondary N) is 1. The summed E-state index contributed by atoms with van der Waals surface area (Å²) in [5, 5.41) is 14.2. The lowest BCUT2D eigenvalue weighted by Gasteiger charge is -2.37. The van der Waals surface area contributed by atoms with Gasteiger partial charge in [-0.2, -0.15) is 0 Å². The van der Waals surface area contributed by atoms with E-state index in [2.05, 4.69) is 10.2 Å². The molecule has 2 heterocycles. The number of carbonyl (C=O) groups is 1. The van der Waals surface area contributed by atoms with E-state index >= 15 is 0 Å². The molecule has 0 radical (unpaired) electrons. The lowest BCUT2D eigenvalue weighted by molar-refractivity contribution is -0.385. The monoisotopic (exact) mass is 439 g/mol. The van der Waals surface area contributed by atoms with Gasteiger partial charge in [0.05, 0.1) is 37.6 Å². The zero-order valence-corrected chi connectivity index (χ0v) is 18.0. The van der Waals surface area contributed by atoms with Crippen molar-refractivity contribution < 1.29 is 23.9 Å². The summed E-state index contributed by atoms with van der Waals surface area (Å²) in [6, 6.07) is 5.13. The highest BCUT2D eigenvalue weighted by Crippen LogP contribution is 2.29. The van der Waals surface area contributed by atoms with Gasteiger partial charge >= 0.3 is 5.69 Å². The molecule has 30 heavy (non-hydrogen) atoms. The highest BCUT2D eigenvalue weighted by Gasteiger charge is 2.31. The molecule has 0 saturated carbocycles. The Bertz CT molecular complexity index is 722. The lowest BCUT2D eigenvalue weighted by Crippen LogP contribution is -2.52. The van der Waals surface area contributed by atoms with E-state index in [4.69, 9.17) is 14.2 Å². The first-order chi connectivity index (χ1) is 14.6. The summed E-state index contributed by atoms with van der Waals surface area (Å²) in [7, 11) is 1.41. The summed E-state index contributed by atoms with van der Waals surface area (Å²) in [5.74, 6) is 1.45. The quantitative estimate of drug-likeness (QED) is 0.434. The second-order valence-electron chi connectivity index (χ2n) is 7.40. The third kappa shape index (κ3) is 6.31. The fourth-order valence-corrected chi connectivity index (χ4v) is 4.66. The molecule has 2 unspecified atom stereocenters. The fourth-order valence-electron chi connectivity index (χ4n) is 3.86. The van der Waals surface area contributed by atoms with E-state index in [-0.39, 0.29) is 23.4 Å². The van der Waals surface area contributed by atoms with Gasteiger partial charge in [-0.1, -0.05) is 6.07 Å². The van der Waals surface area contributed by atoms with Crippen LogP contribution < -0.4 is 10.1 Å². The lowest BCUT2D eigenvalue weighted by atomic mass is 9.97. The van der Waals surface area contributed by atoms with Crippen LogP contribution in [0, 0.1) is 16.0 Å². The Morgan fingerprint density at radius 1 is 1.37 bits per heavy atom. The Morgan fingerprint density at radius 2 is 2.17 bits per heavy atom. The zero-order valence-electron chi connectivity index (χ0n) is 17.2. The molecule has 0 aromatic heterocycles. The third-order valence-corrected chi connectivity index (χ3v) is 6.48. The van der Waals surface area contributed by atoms with Crippen molar-refractivity contribution in [2.75, 3.05) is 58.9 Å². The summed E-state index contributed by atoms with van der Waals surface area (Å²) < 4.78 is 16.0. The standard InChI is InChI=1S/C20H29N3O6S/c1-27-19-3-2-15(10-17(19)23(25)26)13-30-14-20(24)21-11-18(16-4-7-29-12-16)22-5-8-28-9-6-22/h2-3,10,16,18H,4-9,11-14H2,1H3,(H,21,24). The summed E-state index contributed by atoms with van der Waals surface area (Å²) in [5.41, 5.74) is 0.724. The number of thioether (sulfide) groups is 1. The molecule has 3 rings (SSSR count). The minimum Gasteiger partial charge on any atom is -0.490 e. The Morgan fingerprint density at radius 3 is 2.83 bits per heavy atom. The number of benzene rings is 1. The molecule has 2 aliphatic rings. The van der Waals surface area contributed by atoms with E-state index in [1.54, 1.807) is 12.1 Å². The number of rotatable bonds is 10. The molecule has 1 aromatic rings. The molecule has 2 saturated heterocycles. The van der Waals surface area contributed by atoms with Crippen molar-refractivity contribution in [3.8, 4) is 5.75 Å². The van der Waals surface area contributed by atoms with E-state index in [1.165, 1.54) is 24.9 Å². The van der Waals surface area contributed by atoms with Crippen molar-refractivity contribution in [2.24, 2.45) is 5.92 Å². The predicted octanol–water partition coefficient (Wildman–Crippen LogP) is 1.69. The van der Waals surface area contributed by atoms with Crippen molar-refractivity contribution in [3.05, 3.63) is 33.9 Å². The number of morpholine rings is 1. The van der Waals surface area contributed by atoms with Gasteiger partial charge in [0.1, 0.15) is 0 Å². The zero-order chi connectivity index (χ0) is 21.3. The summed E-state index contributed by atoms with van der Waals surface area (Å²) >= 11 is 1.43. The van der Waals surface area contributed by atoms with Crippen LogP contribution in [-0.4, -0.2) is 80.7 Å². The van der Waals surface area contributed by atoms with E-state index in [0.29, 0.717) is 24.0 Å². The van der Waals surface area contributed by atoms with Crippen LogP contribution in [0.1, 0.15) is 12.0 Å². The Balaban J connectivity index is 1.46. The highest BCUT2D eigenvalue weighted by atomic mass is 32.2. The maximum absolute atomic E-state index is 12.4. The van der Waals surface area contributed by atoms with Gasteiger partial charge in [-0.3, -0.25) is 19.8 Å². The van der Waals surface area contributed by atoms with Gasteiger partial charge in [-0.25, -0.2) is 0 Å². The number of methoxy groups -OCH3 is 1. The predicted molar refractivity (Wildman–Crippen MR) is 114 cm³/mol. The summed E-state index contributed by atoms with van der Waals surface area (Å²) in [4.78, 5) is 25.4. The first kappa shape index (κ1) is 22.8. The minimum atomic E-state index is -0.460. The van der Waals surface area contributed by atoms with Crippen molar-refractivity contribution in [1.82, 2.24) is 10.2 Å². The van der Waals surface area contributed by atoms with Gasteiger partial charge in [0.2, 0.25) is 5.91 Å². The number of nitro groups is 1. The molecular formula is C20H29N3O6S. The number of nitrogens with zero attached hydrogens (tertiary/aromatic N) is 2. The number of hydrogen-bond donors (Lipinski definition) is 1. The highest BCUT2D eigenvalue weighted by molar-refractivity contribution is 7.99. The molecule has 166 valence electrons. The fraction of sp³-hybridized carbons (Fsp3) is 0.650. The topological polar surface area (TPSA) is 103 Å². The summed E-state index contributed by atoms with van der Waals surface area (Å²) in [6.45, 7) is 5.32. The first-order valence-corrected chi connectivity index (χ1v) is 11.3. The maximum atomic E-state index is 12.4. The van der Waals surface area contributed by atoms with Crippen molar-refractivity contribution in [3.63, 3.8) is 0 Å². The molecule has 10 heteroatoms. The van der Waals surface area contributed by atoms with E-state index < -0.39 is 4.92 Å². The van der Waals surface area contributed by atoms with Crippen LogP contribution in [0.15, 0.2) is 18.2 Å². The van der Waals surface area contributed by atoms with Crippen LogP contribution in [0.3, 0.4) is 0 Å². The van der Waals surface area contributed by atoms with E-state index in [9.17, 15) is 14.9 Å². The smallest absolute Gasteiger partial charge is 0.311 e. The van der Waals surface area contributed by atoms with Crippen molar-refractivity contribution in [1.29, 1.82) is 0 Å². The van der Waals surface area contributed by atoms with Crippen molar-refractivity contribution in [2.45, 2.75) is 18.2 Å². The molecule has 2 fully saturated rings. The first-order valence-electron chi connectivity index (χ1n) is 10.1. The van der Waals surface area contributed by atoms with Gasteiger partial charge in [0, 0.05) is 50.0 Å². The van der Waals surface area contributed by atoms with Gasteiger partial charge < -0.3 is 19.5 Å². The Hall–Kier alpha value is -1.88. The van der Waals surface area contributed by atoms with Crippen LogP contribution in [0.5, 0.6) is 5.75 Å². The molecule has 0 spiro atoms. The molecule has 9 nitrogen and oxygen atoms in total. The van der Waals surface area contributed by atoms with Crippen LogP contribution in [0.25, 0.3) is 0 Å². The van der Waals surface area contributed by atoms with Crippen LogP contribution in [0.4, 0.5) is 5.69 Å². The number of hydrogen-bond acceptors (Lipinski definition) is 8. The number of amides is 1. The van der Waals surface area contributed by atoms with E-state index in [0.717, 1.165) is 51.5 Å². The molecule has 1 N–H and O–H groups in total. The maximum Gasteiger partial charge on any atom is 0.311 e. The minimum absolute atomic E-state index is 0.0276.